The Kier molecular flexibility index (Phi) is 6.67. The van der Waals surface area contributed by atoms with Crippen molar-refractivity contribution in [3.05, 3.63) is 47.3 Å². The number of nitrogens with one attached hydrogen (secondary N) is 1. The first-order valence-corrected chi connectivity index (χ1v) is 8.73. The molecule has 0 unspecified atom stereocenters. The first kappa shape index (κ1) is 17.6. The van der Waals surface area contributed by atoms with Gasteiger partial charge in [-0.05, 0) is 18.9 Å². The molecule has 5 nitrogen and oxygen atoms in total. The number of aromatic nitrogens is 2. The van der Waals surface area contributed by atoms with Gasteiger partial charge in [0, 0.05) is 13.1 Å². The highest BCUT2D eigenvalue weighted by atomic mass is 32.2. The van der Waals surface area contributed by atoms with Crippen molar-refractivity contribution in [2.24, 2.45) is 0 Å². The molecule has 0 atom stereocenters. The van der Waals surface area contributed by atoms with Crippen molar-refractivity contribution >= 4 is 17.7 Å². The summed E-state index contributed by atoms with van der Waals surface area (Å²) in [7, 11) is 0. The van der Waals surface area contributed by atoms with E-state index < -0.39 is 0 Å². The van der Waals surface area contributed by atoms with Gasteiger partial charge in [-0.3, -0.25) is 4.79 Å². The molecule has 0 radical (unpaired) electrons. The highest BCUT2D eigenvalue weighted by Gasteiger charge is 2.12. The number of rotatable bonds is 8. The Bertz CT molecular complexity index is 638. The van der Waals surface area contributed by atoms with Gasteiger partial charge in [0.1, 0.15) is 0 Å². The van der Waals surface area contributed by atoms with Gasteiger partial charge in [0.15, 0.2) is 5.16 Å². The molecule has 0 bridgehead atoms. The van der Waals surface area contributed by atoms with Crippen LogP contribution in [0.1, 0.15) is 30.2 Å². The molecule has 1 amide bonds. The van der Waals surface area contributed by atoms with E-state index in [0.29, 0.717) is 18.8 Å². The zero-order chi connectivity index (χ0) is 16.7. The van der Waals surface area contributed by atoms with Crippen molar-refractivity contribution in [2.75, 3.05) is 12.3 Å². The molecule has 2 rings (SSSR count). The summed E-state index contributed by atoms with van der Waals surface area (Å²) in [5, 5.41) is 13.1. The molecule has 0 fully saturated rings. The summed E-state index contributed by atoms with van der Waals surface area (Å²) in [6.07, 6.45) is 2.59. The second-order valence-electron chi connectivity index (χ2n) is 5.40. The number of aliphatic hydroxyl groups excluding tert-OH is 1. The zero-order valence-electron chi connectivity index (χ0n) is 13.6. The van der Waals surface area contributed by atoms with Crippen LogP contribution in [0.25, 0.3) is 0 Å². The zero-order valence-corrected chi connectivity index (χ0v) is 14.4. The molecule has 0 aliphatic carbocycles. The molecule has 0 aliphatic rings. The molecule has 0 aliphatic heterocycles. The van der Waals surface area contributed by atoms with Gasteiger partial charge < -0.3 is 15.0 Å². The fourth-order valence-electron chi connectivity index (χ4n) is 2.12. The second-order valence-corrected chi connectivity index (χ2v) is 6.34. The van der Waals surface area contributed by atoms with Crippen LogP contribution in [-0.2, 0) is 17.9 Å². The maximum Gasteiger partial charge on any atom is 0.230 e. The highest BCUT2D eigenvalue weighted by Crippen LogP contribution is 2.20. The van der Waals surface area contributed by atoms with Crippen molar-refractivity contribution in [1.82, 2.24) is 14.9 Å². The van der Waals surface area contributed by atoms with Gasteiger partial charge in [-0.15, -0.1) is 0 Å². The maximum absolute atomic E-state index is 11.7. The fourth-order valence-corrected chi connectivity index (χ4v) is 2.95. The van der Waals surface area contributed by atoms with Crippen molar-refractivity contribution < 1.29 is 9.90 Å². The summed E-state index contributed by atoms with van der Waals surface area (Å²) in [6.45, 7) is 5.33. The van der Waals surface area contributed by atoms with Gasteiger partial charge in [-0.1, -0.05) is 48.5 Å². The Hall–Kier alpha value is -1.79. The van der Waals surface area contributed by atoms with Gasteiger partial charge in [-0.25, -0.2) is 4.98 Å². The first-order valence-electron chi connectivity index (χ1n) is 7.74. The monoisotopic (exact) mass is 333 g/mol. The third-order valence-corrected chi connectivity index (χ3v) is 4.42. The lowest BCUT2D eigenvalue weighted by Gasteiger charge is -2.11. The minimum atomic E-state index is -0.0680. The van der Waals surface area contributed by atoms with Crippen LogP contribution in [0.2, 0.25) is 0 Å². The number of carbonyl (C=O) groups is 1. The van der Waals surface area contributed by atoms with E-state index in [0.717, 1.165) is 22.8 Å². The number of aryl methyl sites for hydroxylation is 1. The Morgan fingerprint density at radius 3 is 2.74 bits per heavy atom. The van der Waals surface area contributed by atoms with Crippen LogP contribution < -0.4 is 5.32 Å². The van der Waals surface area contributed by atoms with Crippen LogP contribution >= 0.6 is 11.8 Å². The van der Waals surface area contributed by atoms with E-state index in [2.05, 4.69) is 41.5 Å². The number of amides is 1. The predicted octanol–water partition coefficient (Wildman–Crippen LogP) is 2.35. The minimum Gasteiger partial charge on any atom is -0.390 e. The third kappa shape index (κ3) is 5.11. The van der Waals surface area contributed by atoms with Crippen LogP contribution in [0.15, 0.2) is 35.6 Å². The number of carbonyl (C=O) groups excluding carboxylic acids is 1. The summed E-state index contributed by atoms with van der Waals surface area (Å²) in [5.74, 6) is 0.336. The summed E-state index contributed by atoms with van der Waals surface area (Å²) in [6, 6.07) is 8.27. The largest absolute Gasteiger partial charge is 0.390 e. The maximum atomic E-state index is 11.7. The lowest BCUT2D eigenvalue weighted by molar-refractivity contribution is -0.118. The topological polar surface area (TPSA) is 67.2 Å². The van der Waals surface area contributed by atoms with E-state index in [9.17, 15) is 9.90 Å². The Labute approximate surface area is 141 Å². The molecule has 1 aromatic heterocycles. The first-order chi connectivity index (χ1) is 11.1. The van der Waals surface area contributed by atoms with Gasteiger partial charge in [0.2, 0.25) is 5.91 Å². The molecule has 124 valence electrons. The number of imidazole rings is 1. The van der Waals surface area contributed by atoms with E-state index >= 15 is 0 Å². The molecule has 2 N–H and O–H groups in total. The van der Waals surface area contributed by atoms with Crippen LogP contribution in [0, 0.1) is 6.92 Å². The third-order valence-electron chi connectivity index (χ3n) is 3.43. The van der Waals surface area contributed by atoms with Crippen LogP contribution in [0.5, 0.6) is 0 Å². The van der Waals surface area contributed by atoms with Gasteiger partial charge in [0.25, 0.3) is 0 Å². The molecule has 0 saturated heterocycles. The smallest absolute Gasteiger partial charge is 0.230 e. The Morgan fingerprint density at radius 2 is 2.09 bits per heavy atom. The summed E-state index contributed by atoms with van der Waals surface area (Å²) in [5.41, 5.74) is 3.10. The minimum absolute atomic E-state index is 0.00674. The molecule has 1 aromatic carbocycles. The average molecular weight is 333 g/mol. The number of thioether (sulfide) groups is 1. The Morgan fingerprint density at radius 1 is 1.35 bits per heavy atom. The molecule has 23 heavy (non-hydrogen) atoms. The SMILES string of the molecule is CCCNC(=O)CSc1ncc(CO)n1Cc1ccc(C)cc1. The van der Waals surface area contributed by atoms with Crippen LogP contribution in [0.4, 0.5) is 0 Å². The normalized spacial score (nSPS) is 10.7. The lowest BCUT2D eigenvalue weighted by Crippen LogP contribution is -2.25. The summed E-state index contributed by atoms with van der Waals surface area (Å²) >= 11 is 1.39. The predicted molar refractivity (Wildman–Crippen MR) is 92.5 cm³/mol. The number of nitrogens with zero attached hydrogens (tertiary/aromatic N) is 2. The quantitative estimate of drug-likeness (QED) is 0.728. The van der Waals surface area contributed by atoms with Crippen molar-refractivity contribution in [2.45, 2.75) is 38.6 Å². The molecular weight excluding hydrogens is 310 g/mol. The molecular formula is C17H23N3O2S. The van der Waals surface area contributed by atoms with Crippen LogP contribution in [-0.4, -0.2) is 32.9 Å². The summed E-state index contributed by atoms with van der Waals surface area (Å²) < 4.78 is 1.96. The molecule has 6 heteroatoms. The van der Waals surface area contributed by atoms with Crippen LogP contribution in [0.3, 0.4) is 0 Å². The number of benzene rings is 1. The average Bonchev–Trinajstić information content (AvgIpc) is 2.95. The molecule has 2 aromatic rings. The molecule has 0 spiro atoms. The van der Waals surface area contributed by atoms with Gasteiger partial charge >= 0.3 is 0 Å². The van der Waals surface area contributed by atoms with Crippen molar-refractivity contribution in [3.63, 3.8) is 0 Å². The molecule has 0 saturated carbocycles. The van der Waals surface area contributed by atoms with E-state index in [1.165, 1.54) is 17.3 Å². The second kappa shape index (κ2) is 8.74. The van der Waals surface area contributed by atoms with E-state index in [4.69, 9.17) is 0 Å². The highest BCUT2D eigenvalue weighted by molar-refractivity contribution is 7.99. The van der Waals surface area contributed by atoms with E-state index in [-0.39, 0.29) is 12.5 Å². The van der Waals surface area contributed by atoms with Crippen molar-refractivity contribution in [1.29, 1.82) is 0 Å². The van der Waals surface area contributed by atoms with E-state index in [1.807, 2.05) is 11.5 Å². The summed E-state index contributed by atoms with van der Waals surface area (Å²) in [4.78, 5) is 16.1. The molecule has 1 heterocycles. The van der Waals surface area contributed by atoms with Gasteiger partial charge in [0.05, 0.1) is 24.3 Å². The lowest BCUT2D eigenvalue weighted by atomic mass is 10.1. The standard InChI is InChI=1S/C17H23N3O2S/c1-3-8-18-16(22)12-23-17-19-9-15(11-21)20(17)10-14-6-4-13(2)5-7-14/h4-7,9,21H,3,8,10-12H2,1-2H3,(H,18,22). The van der Waals surface area contributed by atoms with Crippen molar-refractivity contribution in [3.8, 4) is 0 Å². The number of hydrogen-bond acceptors (Lipinski definition) is 4. The van der Waals surface area contributed by atoms with Gasteiger partial charge in [-0.2, -0.15) is 0 Å². The number of hydrogen-bond donors (Lipinski definition) is 2. The number of aliphatic hydroxyl groups is 1. The fraction of sp³-hybridized carbons (Fsp3) is 0.412. The van der Waals surface area contributed by atoms with E-state index in [1.54, 1.807) is 6.20 Å². The Balaban J connectivity index is 2.07.